The van der Waals surface area contributed by atoms with Crippen LogP contribution in [0.4, 0.5) is 13.2 Å². The second-order valence-corrected chi connectivity index (χ2v) is 4.15. The molecule has 1 aromatic heterocycles. The summed E-state index contributed by atoms with van der Waals surface area (Å²) < 4.78 is 40.3. The third kappa shape index (κ3) is 3.01. The van der Waals surface area contributed by atoms with Gasteiger partial charge in [-0.2, -0.15) is 18.3 Å². The molecule has 2 N–H and O–H groups in total. The van der Waals surface area contributed by atoms with E-state index >= 15 is 0 Å². The zero-order valence-electron chi connectivity index (χ0n) is 10.8. The van der Waals surface area contributed by atoms with Gasteiger partial charge in [0.15, 0.2) is 11.9 Å². The Morgan fingerprint density at radius 2 is 1.83 bits per heavy atom. The molecule has 0 aromatic carbocycles. The molecule has 1 rings (SSSR count). The Bertz CT molecular complexity index is 386. The lowest BCUT2D eigenvalue weighted by molar-refractivity contribution is -0.176. The van der Waals surface area contributed by atoms with Gasteiger partial charge < -0.3 is 5.73 Å². The minimum Gasteiger partial charge on any atom is -0.326 e. The molecule has 0 fully saturated rings. The van der Waals surface area contributed by atoms with Crippen LogP contribution in [0.2, 0.25) is 0 Å². The van der Waals surface area contributed by atoms with Crippen LogP contribution in [0.25, 0.3) is 0 Å². The van der Waals surface area contributed by atoms with E-state index in [1.54, 1.807) is 13.8 Å². The summed E-state index contributed by atoms with van der Waals surface area (Å²) in [5.74, 6) is 0.752. The maximum absolute atomic E-state index is 13.1. The standard InChI is InChI=1S/C11H19F3N4/c1-4-7(15)10(11(12,13)14)18-9(6-3)16-8(5-2)17-18/h7,10H,4-6,15H2,1-3H3. The molecule has 0 saturated carbocycles. The Labute approximate surface area is 104 Å². The Morgan fingerprint density at radius 3 is 2.22 bits per heavy atom. The van der Waals surface area contributed by atoms with Crippen molar-refractivity contribution in [2.45, 2.75) is 58.3 Å². The van der Waals surface area contributed by atoms with Gasteiger partial charge in [0, 0.05) is 18.9 Å². The summed E-state index contributed by atoms with van der Waals surface area (Å²) >= 11 is 0. The van der Waals surface area contributed by atoms with Gasteiger partial charge in [-0.3, -0.25) is 0 Å². The van der Waals surface area contributed by atoms with Crippen molar-refractivity contribution in [1.29, 1.82) is 0 Å². The number of nitrogens with zero attached hydrogens (tertiary/aromatic N) is 3. The smallest absolute Gasteiger partial charge is 0.326 e. The minimum atomic E-state index is -4.42. The van der Waals surface area contributed by atoms with Gasteiger partial charge in [0.1, 0.15) is 5.82 Å². The van der Waals surface area contributed by atoms with Crippen molar-refractivity contribution in [3.8, 4) is 0 Å². The zero-order chi connectivity index (χ0) is 13.9. The van der Waals surface area contributed by atoms with Crippen LogP contribution in [-0.2, 0) is 12.8 Å². The van der Waals surface area contributed by atoms with Crippen LogP contribution in [-0.4, -0.2) is 27.0 Å². The number of hydrogen-bond acceptors (Lipinski definition) is 3. The van der Waals surface area contributed by atoms with Crippen LogP contribution in [0, 0.1) is 0 Å². The monoisotopic (exact) mass is 264 g/mol. The van der Waals surface area contributed by atoms with Crippen LogP contribution in [0.15, 0.2) is 0 Å². The van der Waals surface area contributed by atoms with Crippen molar-refractivity contribution in [2.24, 2.45) is 5.73 Å². The number of alkyl halides is 3. The first-order valence-electron chi connectivity index (χ1n) is 6.11. The number of hydrogen-bond donors (Lipinski definition) is 1. The predicted octanol–water partition coefficient (Wildman–Crippen LogP) is 2.24. The summed E-state index contributed by atoms with van der Waals surface area (Å²) in [6.45, 7) is 5.19. The largest absolute Gasteiger partial charge is 0.412 e. The van der Waals surface area contributed by atoms with Crippen LogP contribution in [0.3, 0.4) is 0 Å². The van der Waals surface area contributed by atoms with Gasteiger partial charge in [0.25, 0.3) is 0 Å². The number of halogens is 3. The molecule has 0 aliphatic heterocycles. The highest BCUT2D eigenvalue weighted by molar-refractivity contribution is 4.98. The maximum atomic E-state index is 13.1. The van der Waals surface area contributed by atoms with E-state index in [2.05, 4.69) is 10.1 Å². The quantitative estimate of drug-likeness (QED) is 0.887. The third-order valence-electron chi connectivity index (χ3n) is 2.85. The van der Waals surface area contributed by atoms with Crippen molar-refractivity contribution in [1.82, 2.24) is 14.8 Å². The molecule has 1 heterocycles. The lowest BCUT2D eigenvalue weighted by atomic mass is 10.1. The number of nitrogens with two attached hydrogens (primary N) is 1. The fraction of sp³-hybridized carbons (Fsp3) is 0.818. The molecule has 0 aliphatic carbocycles. The minimum absolute atomic E-state index is 0.231. The average Bonchev–Trinajstić information content (AvgIpc) is 2.70. The molecule has 7 heteroatoms. The predicted molar refractivity (Wildman–Crippen MR) is 62.1 cm³/mol. The third-order valence-corrected chi connectivity index (χ3v) is 2.85. The van der Waals surface area contributed by atoms with Gasteiger partial charge >= 0.3 is 6.18 Å². The summed E-state index contributed by atoms with van der Waals surface area (Å²) in [6.07, 6.45) is -3.28. The summed E-state index contributed by atoms with van der Waals surface area (Å²) in [6, 6.07) is -2.81. The Morgan fingerprint density at radius 1 is 1.22 bits per heavy atom. The van der Waals surface area contributed by atoms with Gasteiger partial charge in [-0.05, 0) is 6.42 Å². The Balaban J connectivity index is 3.24. The fourth-order valence-electron chi connectivity index (χ4n) is 1.80. The molecule has 0 radical (unpaired) electrons. The highest BCUT2D eigenvalue weighted by Crippen LogP contribution is 2.34. The molecule has 2 atom stereocenters. The Kier molecular flexibility index (Phi) is 4.72. The second kappa shape index (κ2) is 5.69. The summed E-state index contributed by atoms with van der Waals surface area (Å²) in [5.41, 5.74) is 5.60. The molecule has 0 aliphatic rings. The van der Waals surface area contributed by atoms with Gasteiger partial charge in [0.2, 0.25) is 0 Å². The molecule has 18 heavy (non-hydrogen) atoms. The molecule has 0 saturated heterocycles. The molecule has 4 nitrogen and oxygen atoms in total. The van der Waals surface area contributed by atoms with E-state index in [1.807, 2.05) is 6.92 Å². The summed E-state index contributed by atoms with van der Waals surface area (Å²) in [5, 5.41) is 3.94. The van der Waals surface area contributed by atoms with E-state index in [9.17, 15) is 13.2 Å². The average molecular weight is 264 g/mol. The summed E-state index contributed by atoms with van der Waals surface area (Å²) in [4.78, 5) is 4.09. The van der Waals surface area contributed by atoms with Crippen LogP contribution in [0.5, 0.6) is 0 Å². The lowest BCUT2D eigenvalue weighted by Gasteiger charge is -2.26. The van der Waals surface area contributed by atoms with Crippen molar-refractivity contribution in [3.05, 3.63) is 11.6 Å². The SMILES string of the molecule is CCc1nc(CC)n(C(C(N)CC)C(F)(F)F)n1. The van der Waals surface area contributed by atoms with E-state index in [0.29, 0.717) is 24.5 Å². The fourth-order valence-corrected chi connectivity index (χ4v) is 1.80. The van der Waals surface area contributed by atoms with Gasteiger partial charge in [-0.1, -0.05) is 20.8 Å². The van der Waals surface area contributed by atoms with Crippen molar-refractivity contribution < 1.29 is 13.2 Å². The van der Waals surface area contributed by atoms with E-state index in [-0.39, 0.29) is 6.42 Å². The van der Waals surface area contributed by atoms with Crippen molar-refractivity contribution in [3.63, 3.8) is 0 Å². The summed E-state index contributed by atoms with van der Waals surface area (Å²) in [7, 11) is 0. The highest BCUT2D eigenvalue weighted by Gasteiger charge is 2.46. The second-order valence-electron chi connectivity index (χ2n) is 4.15. The van der Waals surface area contributed by atoms with Crippen LogP contribution < -0.4 is 5.73 Å². The lowest BCUT2D eigenvalue weighted by Crippen LogP contribution is -2.42. The zero-order valence-corrected chi connectivity index (χ0v) is 10.8. The molecule has 1 aromatic rings. The highest BCUT2D eigenvalue weighted by atomic mass is 19.4. The molecular formula is C11H19F3N4. The maximum Gasteiger partial charge on any atom is 0.412 e. The molecule has 0 amide bonds. The molecule has 0 bridgehead atoms. The van der Waals surface area contributed by atoms with Gasteiger partial charge in [-0.25, -0.2) is 9.67 Å². The number of aryl methyl sites for hydroxylation is 2. The number of aromatic nitrogens is 3. The normalized spacial score (nSPS) is 15.7. The first kappa shape index (κ1) is 14.9. The van der Waals surface area contributed by atoms with E-state index < -0.39 is 18.3 Å². The number of rotatable bonds is 5. The Hall–Kier alpha value is -1.11. The first-order valence-corrected chi connectivity index (χ1v) is 6.11. The van der Waals surface area contributed by atoms with E-state index in [0.717, 1.165) is 4.68 Å². The van der Waals surface area contributed by atoms with Gasteiger partial charge in [0.05, 0.1) is 0 Å². The van der Waals surface area contributed by atoms with Gasteiger partial charge in [-0.15, -0.1) is 0 Å². The molecule has 2 unspecified atom stereocenters. The first-order chi connectivity index (χ1) is 8.35. The van der Waals surface area contributed by atoms with Crippen LogP contribution in [0.1, 0.15) is 44.9 Å². The molecule has 0 spiro atoms. The van der Waals surface area contributed by atoms with E-state index in [1.165, 1.54) is 0 Å². The van der Waals surface area contributed by atoms with Crippen molar-refractivity contribution >= 4 is 0 Å². The molecule has 104 valence electrons. The van der Waals surface area contributed by atoms with E-state index in [4.69, 9.17) is 5.73 Å². The molecular weight excluding hydrogens is 245 g/mol. The topological polar surface area (TPSA) is 56.7 Å². The van der Waals surface area contributed by atoms with Crippen LogP contribution >= 0.6 is 0 Å². The van der Waals surface area contributed by atoms with Crippen molar-refractivity contribution in [2.75, 3.05) is 0 Å².